The average molecular weight is 279 g/mol. The number of hydrogen-bond donors (Lipinski definition) is 1. The Hall–Kier alpha value is -1.17. The van der Waals surface area contributed by atoms with E-state index in [0.29, 0.717) is 6.04 Å². The van der Waals surface area contributed by atoms with Crippen molar-refractivity contribution in [3.8, 4) is 10.7 Å². The van der Waals surface area contributed by atoms with Gasteiger partial charge < -0.3 is 14.6 Å². The molecule has 19 heavy (non-hydrogen) atoms. The summed E-state index contributed by atoms with van der Waals surface area (Å²) in [5.74, 6) is 1.06. The third-order valence-electron chi connectivity index (χ3n) is 3.03. The lowest BCUT2D eigenvalue weighted by molar-refractivity contribution is 0.194. The fourth-order valence-corrected chi connectivity index (χ4v) is 2.74. The van der Waals surface area contributed by atoms with Crippen LogP contribution < -0.4 is 5.32 Å². The number of hydrogen-bond acceptors (Lipinski definition) is 4. The van der Waals surface area contributed by atoms with Crippen molar-refractivity contribution in [3.63, 3.8) is 0 Å². The normalized spacial score (nSPS) is 12.7. The summed E-state index contributed by atoms with van der Waals surface area (Å²) in [6, 6.07) is 4.57. The number of rotatable bonds is 8. The molecule has 0 amide bonds. The molecule has 0 aliphatic rings. The molecular weight excluding hydrogens is 258 g/mol. The van der Waals surface area contributed by atoms with Crippen molar-refractivity contribution in [2.24, 2.45) is 0 Å². The molecule has 104 valence electrons. The second-order valence-electron chi connectivity index (χ2n) is 4.53. The lowest BCUT2D eigenvalue weighted by Crippen LogP contribution is -2.25. The van der Waals surface area contributed by atoms with E-state index in [1.54, 1.807) is 18.4 Å². The van der Waals surface area contributed by atoms with Crippen LogP contribution in [-0.2, 0) is 4.74 Å². The van der Waals surface area contributed by atoms with Gasteiger partial charge in [0.05, 0.1) is 4.88 Å². The van der Waals surface area contributed by atoms with Crippen molar-refractivity contribution in [1.29, 1.82) is 0 Å². The number of methoxy groups -OCH3 is 1. The number of nitrogens with zero attached hydrogens (tertiary/aromatic N) is 2. The molecule has 1 unspecified atom stereocenters. The van der Waals surface area contributed by atoms with Gasteiger partial charge in [0.2, 0.25) is 0 Å². The first-order valence-corrected chi connectivity index (χ1v) is 7.47. The summed E-state index contributed by atoms with van der Waals surface area (Å²) in [5, 5.41) is 5.54. The minimum atomic E-state index is 0.391. The van der Waals surface area contributed by atoms with Crippen LogP contribution in [0.4, 0.5) is 0 Å². The lowest BCUT2D eigenvalue weighted by atomic mass is 10.3. The minimum Gasteiger partial charge on any atom is -0.385 e. The second kappa shape index (κ2) is 7.43. The maximum absolute atomic E-state index is 5.04. The Balaban J connectivity index is 1.89. The van der Waals surface area contributed by atoms with E-state index in [1.807, 2.05) is 6.20 Å². The van der Waals surface area contributed by atoms with Crippen LogP contribution in [0.1, 0.15) is 19.4 Å². The predicted molar refractivity (Wildman–Crippen MR) is 79.6 cm³/mol. The van der Waals surface area contributed by atoms with E-state index in [1.165, 1.54) is 4.88 Å². The summed E-state index contributed by atoms with van der Waals surface area (Å²) >= 11 is 1.73. The predicted octanol–water partition coefficient (Wildman–Crippen LogP) is 2.80. The number of aromatic nitrogens is 2. The first-order valence-electron chi connectivity index (χ1n) is 6.59. The van der Waals surface area contributed by atoms with Crippen molar-refractivity contribution < 1.29 is 4.74 Å². The highest BCUT2D eigenvalue weighted by Crippen LogP contribution is 2.25. The highest BCUT2D eigenvalue weighted by atomic mass is 32.1. The van der Waals surface area contributed by atoms with Gasteiger partial charge in [0.1, 0.15) is 5.82 Å². The van der Waals surface area contributed by atoms with Crippen LogP contribution in [-0.4, -0.2) is 36.4 Å². The Morgan fingerprint density at radius 2 is 2.42 bits per heavy atom. The largest absolute Gasteiger partial charge is 0.385 e. The molecule has 1 N–H and O–H groups in total. The van der Waals surface area contributed by atoms with Crippen LogP contribution in [0.5, 0.6) is 0 Å². The zero-order valence-electron chi connectivity index (χ0n) is 11.5. The zero-order valence-corrected chi connectivity index (χ0v) is 12.3. The fraction of sp³-hybridized carbons (Fsp3) is 0.500. The number of imidazole rings is 1. The van der Waals surface area contributed by atoms with Gasteiger partial charge in [0.25, 0.3) is 0 Å². The maximum Gasteiger partial charge on any atom is 0.150 e. The van der Waals surface area contributed by atoms with E-state index >= 15 is 0 Å². The molecule has 1 atom stereocenters. The first kappa shape index (κ1) is 14.2. The molecule has 2 aromatic rings. The van der Waals surface area contributed by atoms with Crippen LogP contribution in [0.3, 0.4) is 0 Å². The number of nitrogens with one attached hydrogen (secondary N) is 1. The molecule has 0 aliphatic heterocycles. The Labute approximate surface area is 118 Å². The average Bonchev–Trinajstić information content (AvgIpc) is 3.08. The topological polar surface area (TPSA) is 39.1 Å². The Bertz CT molecular complexity index is 467. The molecular formula is C14H21N3OS. The van der Waals surface area contributed by atoms with E-state index in [4.69, 9.17) is 4.74 Å². The van der Waals surface area contributed by atoms with Crippen molar-refractivity contribution in [1.82, 2.24) is 14.9 Å². The van der Waals surface area contributed by atoms with Crippen molar-refractivity contribution in [2.75, 3.05) is 26.8 Å². The van der Waals surface area contributed by atoms with Gasteiger partial charge in [0, 0.05) is 38.7 Å². The highest BCUT2D eigenvalue weighted by molar-refractivity contribution is 7.13. The Morgan fingerprint density at radius 1 is 1.53 bits per heavy atom. The van der Waals surface area contributed by atoms with Crippen LogP contribution in [0.15, 0.2) is 29.9 Å². The molecule has 2 aromatic heterocycles. The molecule has 0 saturated carbocycles. The first-order chi connectivity index (χ1) is 9.33. The zero-order chi connectivity index (χ0) is 13.5. The third-order valence-corrected chi connectivity index (χ3v) is 3.89. The molecule has 2 heterocycles. The molecule has 0 fully saturated rings. The summed E-state index contributed by atoms with van der Waals surface area (Å²) in [7, 11) is 1.74. The molecule has 0 aliphatic carbocycles. The van der Waals surface area contributed by atoms with Crippen molar-refractivity contribution in [2.45, 2.75) is 19.4 Å². The number of ether oxygens (including phenoxy) is 1. The van der Waals surface area contributed by atoms with E-state index < -0.39 is 0 Å². The Kier molecular flexibility index (Phi) is 5.57. The smallest absolute Gasteiger partial charge is 0.150 e. The second-order valence-corrected chi connectivity index (χ2v) is 5.48. The van der Waals surface area contributed by atoms with E-state index in [9.17, 15) is 0 Å². The van der Waals surface area contributed by atoms with E-state index in [2.05, 4.69) is 45.5 Å². The van der Waals surface area contributed by atoms with Gasteiger partial charge in [-0.05, 0) is 31.3 Å². The molecule has 0 aromatic carbocycles. The standard InChI is InChI=1S/C14H21N3OS/c1-12(11-15-6-4-9-18-2)17-8-7-16-14(17)13-5-3-10-19-13/h3,5,7-8,10,12,15H,4,6,9,11H2,1-2H3. The summed E-state index contributed by atoms with van der Waals surface area (Å²) in [5.41, 5.74) is 0. The minimum absolute atomic E-state index is 0.391. The van der Waals surface area contributed by atoms with Gasteiger partial charge >= 0.3 is 0 Å². The van der Waals surface area contributed by atoms with Gasteiger partial charge in [-0.25, -0.2) is 4.98 Å². The molecule has 0 saturated heterocycles. The summed E-state index contributed by atoms with van der Waals surface area (Å²) in [6.45, 7) is 4.95. The van der Waals surface area contributed by atoms with E-state index in [0.717, 1.165) is 31.9 Å². The van der Waals surface area contributed by atoms with Gasteiger partial charge in [-0.3, -0.25) is 0 Å². The molecule has 5 heteroatoms. The van der Waals surface area contributed by atoms with Crippen molar-refractivity contribution >= 4 is 11.3 Å². The Morgan fingerprint density at radius 3 is 3.16 bits per heavy atom. The molecule has 0 radical (unpaired) electrons. The van der Waals surface area contributed by atoms with Gasteiger partial charge in [0.15, 0.2) is 0 Å². The van der Waals surface area contributed by atoms with Gasteiger partial charge in [-0.1, -0.05) is 6.07 Å². The molecule has 0 spiro atoms. The summed E-state index contributed by atoms with van der Waals surface area (Å²) in [4.78, 5) is 5.68. The fourth-order valence-electron chi connectivity index (χ4n) is 2.02. The number of thiophene rings is 1. The highest BCUT2D eigenvalue weighted by Gasteiger charge is 2.11. The van der Waals surface area contributed by atoms with Crippen LogP contribution in [0.2, 0.25) is 0 Å². The monoisotopic (exact) mass is 279 g/mol. The van der Waals surface area contributed by atoms with Crippen molar-refractivity contribution in [3.05, 3.63) is 29.9 Å². The molecule has 4 nitrogen and oxygen atoms in total. The van der Waals surface area contributed by atoms with Gasteiger partial charge in [-0.15, -0.1) is 11.3 Å². The molecule has 2 rings (SSSR count). The van der Waals surface area contributed by atoms with Crippen LogP contribution >= 0.6 is 11.3 Å². The van der Waals surface area contributed by atoms with Gasteiger partial charge in [-0.2, -0.15) is 0 Å². The summed E-state index contributed by atoms with van der Waals surface area (Å²) in [6.07, 6.45) is 4.97. The summed E-state index contributed by atoms with van der Waals surface area (Å²) < 4.78 is 7.27. The lowest BCUT2D eigenvalue weighted by Gasteiger charge is -2.16. The SMILES string of the molecule is COCCCNCC(C)n1ccnc1-c1cccs1. The van der Waals surface area contributed by atoms with Crippen LogP contribution in [0.25, 0.3) is 10.7 Å². The molecule has 0 bridgehead atoms. The third kappa shape index (κ3) is 3.89. The quantitative estimate of drug-likeness (QED) is 0.755. The van der Waals surface area contributed by atoms with E-state index in [-0.39, 0.29) is 0 Å². The van der Waals surface area contributed by atoms with Crippen LogP contribution in [0, 0.1) is 0 Å². The maximum atomic E-state index is 5.04.